The van der Waals surface area contributed by atoms with Crippen LogP contribution in [0.4, 0.5) is 0 Å². The maximum absolute atomic E-state index is 11.9. The van der Waals surface area contributed by atoms with E-state index in [1.165, 1.54) is 12.8 Å². The fraction of sp³-hybridized carbons (Fsp3) is 0.238. The number of aromatic nitrogens is 2. The lowest BCUT2D eigenvalue weighted by Gasteiger charge is -2.18. The normalized spacial score (nSPS) is 14.5. The maximum atomic E-state index is 11.9. The van der Waals surface area contributed by atoms with Gasteiger partial charge >= 0.3 is 0 Å². The summed E-state index contributed by atoms with van der Waals surface area (Å²) in [7, 11) is 0. The van der Waals surface area contributed by atoms with Crippen molar-refractivity contribution in [1.29, 1.82) is 0 Å². The summed E-state index contributed by atoms with van der Waals surface area (Å²) in [6.45, 7) is 2.75. The third-order valence-corrected chi connectivity index (χ3v) is 6.21. The second kappa shape index (κ2) is 8.53. The van der Waals surface area contributed by atoms with E-state index in [4.69, 9.17) is 23.2 Å². The molecule has 0 spiro atoms. The fourth-order valence-corrected chi connectivity index (χ4v) is 4.44. The Balaban J connectivity index is 1.92. The second-order valence-corrected chi connectivity index (χ2v) is 8.89. The SMILES string of the molecule is O=Cc1nc(-c2ccc(Cl)cc2Cl)n(-c2ccc(I)cc2)c1CN1CCCC1. The molecule has 1 saturated heterocycles. The lowest BCUT2D eigenvalue weighted by atomic mass is 10.2. The molecule has 7 heteroatoms. The lowest BCUT2D eigenvalue weighted by Crippen LogP contribution is -2.21. The van der Waals surface area contributed by atoms with Crippen LogP contribution in [0, 0.1) is 3.57 Å². The molecule has 0 unspecified atom stereocenters. The molecule has 3 aromatic rings. The molecule has 0 radical (unpaired) electrons. The summed E-state index contributed by atoms with van der Waals surface area (Å²) in [5.41, 5.74) is 3.04. The number of benzene rings is 2. The smallest absolute Gasteiger partial charge is 0.170 e. The molecule has 0 bridgehead atoms. The summed E-state index contributed by atoms with van der Waals surface area (Å²) >= 11 is 14.8. The Kier molecular flexibility index (Phi) is 6.06. The maximum Gasteiger partial charge on any atom is 0.170 e. The van der Waals surface area contributed by atoms with Gasteiger partial charge in [0.05, 0.1) is 10.7 Å². The van der Waals surface area contributed by atoms with E-state index in [1.54, 1.807) is 12.1 Å². The minimum Gasteiger partial charge on any atom is -0.297 e. The van der Waals surface area contributed by atoms with Crippen molar-refractivity contribution in [3.8, 4) is 17.1 Å². The van der Waals surface area contributed by atoms with Gasteiger partial charge in [-0.25, -0.2) is 4.98 Å². The fourth-order valence-electron chi connectivity index (χ4n) is 3.59. The van der Waals surface area contributed by atoms with Gasteiger partial charge < -0.3 is 0 Å². The van der Waals surface area contributed by atoms with Crippen LogP contribution in [0.5, 0.6) is 0 Å². The number of likely N-dealkylation sites (tertiary alicyclic amines) is 1. The van der Waals surface area contributed by atoms with E-state index in [2.05, 4.69) is 32.5 Å². The highest BCUT2D eigenvalue weighted by Gasteiger charge is 2.24. The number of aldehydes is 1. The third kappa shape index (κ3) is 3.99. The van der Waals surface area contributed by atoms with Crippen LogP contribution in [0.25, 0.3) is 17.1 Å². The Labute approximate surface area is 187 Å². The van der Waals surface area contributed by atoms with Gasteiger partial charge in [-0.3, -0.25) is 14.3 Å². The average molecular weight is 526 g/mol. The van der Waals surface area contributed by atoms with Crippen molar-refractivity contribution in [2.24, 2.45) is 0 Å². The summed E-state index contributed by atoms with van der Waals surface area (Å²) in [5.74, 6) is 0.652. The van der Waals surface area contributed by atoms with Crippen molar-refractivity contribution < 1.29 is 4.79 Å². The van der Waals surface area contributed by atoms with Crippen molar-refractivity contribution in [2.45, 2.75) is 19.4 Å². The van der Waals surface area contributed by atoms with Crippen LogP contribution in [0.3, 0.4) is 0 Å². The number of hydrogen-bond acceptors (Lipinski definition) is 3. The molecule has 0 atom stereocenters. The zero-order valence-electron chi connectivity index (χ0n) is 15.0. The number of imidazole rings is 1. The predicted molar refractivity (Wildman–Crippen MR) is 122 cm³/mol. The summed E-state index contributed by atoms with van der Waals surface area (Å²) in [6, 6.07) is 13.5. The zero-order valence-corrected chi connectivity index (χ0v) is 18.7. The predicted octanol–water partition coefficient (Wildman–Crippen LogP) is 5.86. The van der Waals surface area contributed by atoms with Crippen molar-refractivity contribution in [2.75, 3.05) is 13.1 Å². The Morgan fingerprint density at radius 1 is 1.07 bits per heavy atom. The number of hydrogen-bond donors (Lipinski definition) is 0. The highest BCUT2D eigenvalue weighted by atomic mass is 127. The second-order valence-electron chi connectivity index (χ2n) is 6.80. The van der Waals surface area contributed by atoms with Crippen LogP contribution in [0.15, 0.2) is 42.5 Å². The summed E-state index contributed by atoms with van der Waals surface area (Å²) in [5, 5.41) is 1.07. The van der Waals surface area contributed by atoms with Gasteiger partial charge in [-0.2, -0.15) is 0 Å². The summed E-state index contributed by atoms with van der Waals surface area (Å²) in [6.07, 6.45) is 3.20. The van der Waals surface area contributed by atoms with Gasteiger partial charge in [0, 0.05) is 26.4 Å². The summed E-state index contributed by atoms with van der Waals surface area (Å²) < 4.78 is 3.19. The molecule has 4 nitrogen and oxygen atoms in total. The molecule has 4 rings (SSSR count). The molecule has 1 fully saturated rings. The van der Waals surface area contributed by atoms with Crippen molar-refractivity contribution in [3.05, 3.63) is 67.5 Å². The molecule has 2 aromatic carbocycles. The van der Waals surface area contributed by atoms with Crippen molar-refractivity contribution in [1.82, 2.24) is 14.5 Å². The highest BCUT2D eigenvalue weighted by molar-refractivity contribution is 14.1. The molecule has 0 amide bonds. The minimum atomic E-state index is 0.450. The Hall–Kier alpha value is -1.41. The molecule has 1 aromatic heterocycles. The van der Waals surface area contributed by atoms with Crippen molar-refractivity contribution in [3.63, 3.8) is 0 Å². The molecule has 2 heterocycles. The van der Waals surface area contributed by atoms with E-state index in [1.807, 2.05) is 34.9 Å². The van der Waals surface area contributed by atoms with Crippen LogP contribution < -0.4 is 0 Å². The molecule has 1 aliphatic rings. The highest BCUT2D eigenvalue weighted by Crippen LogP contribution is 2.34. The third-order valence-electron chi connectivity index (χ3n) is 4.94. The first-order chi connectivity index (χ1) is 13.6. The number of halogens is 3. The van der Waals surface area contributed by atoms with E-state index < -0.39 is 0 Å². The van der Waals surface area contributed by atoms with E-state index in [0.29, 0.717) is 28.1 Å². The largest absolute Gasteiger partial charge is 0.297 e. The van der Waals surface area contributed by atoms with Gasteiger partial charge in [-0.15, -0.1) is 0 Å². The first kappa shape index (κ1) is 19.9. The molecule has 0 aliphatic carbocycles. The quantitative estimate of drug-likeness (QED) is 0.309. The van der Waals surface area contributed by atoms with Crippen LogP contribution in [-0.2, 0) is 6.54 Å². The zero-order chi connectivity index (χ0) is 19.7. The summed E-state index contributed by atoms with van der Waals surface area (Å²) in [4.78, 5) is 18.9. The van der Waals surface area contributed by atoms with E-state index in [9.17, 15) is 4.79 Å². The topological polar surface area (TPSA) is 38.1 Å². The molecule has 0 saturated carbocycles. The minimum absolute atomic E-state index is 0.450. The monoisotopic (exact) mass is 525 g/mol. The Morgan fingerprint density at radius 2 is 1.79 bits per heavy atom. The number of carbonyl (C=O) groups is 1. The van der Waals surface area contributed by atoms with Gasteiger partial charge in [0.15, 0.2) is 6.29 Å². The van der Waals surface area contributed by atoms with Gasteiger partial charge in [-0.1, -0.05) is 23.2 Å². The number of nitrogens with zero attached hydrogens (tertiary/aromatic N) is 3. The first-order valence-electron chi connectivity index (χ1n) is 9.07. The van der Waals surface area contributed by atoms with Crippen LogP contribution in [-0.4, -0.2) is 33.8 Å². The van der Waals surface area contributed by atoms with E-state index in [-0.39, 0.29) is 0 Å². The van der Waals surface area contributed by atoms with Crippen molar-refractivity contribution >= 4 is 52.1 Å². The molecule has 0 N–H and O–H groups in total. The van der Waals surface area contributed by atoms with Gasteiger partial charge in [-0.05, 0) is 91.0 Å². The number of rotatable bonds is 5. The van der Waals surface area contributed by atoms with Crippen LogP contribution in [0.2, 0.25) is 10.0 Å². The lowest BCUT2D eigenvalue weighted by molar-refractivity contribution is 0.111. The molecule has 1 aliphatic heterocycles. The van der Waals surface area contributed by atoms with Gasteiger partial charge in [0.25, 0.3) is 0 Å². The van der Waals surface area contributed by atoms with E-state index in [0.717, 1.165) is 39.9 Å². The average Bonchev–Trinajstić information content (AvgIpc) is 3.31. The molecule has 144 valence electrons. The molecular formula is C21H18Cl2IN3O. The van der Waals surface area contributed by atoms with Gasteiger partial charge in [0.2, 0.25) is 0 Å². The van der Waals surface area contributed by atoms with E-state index >= 15 is 0 Å². The number of carbonyl (C=O) groups excluding carboxylic acids is 1. The molecule has 28 heavy (non-hydrogen) atoms. The first-order valence-corrected chi connectivity index (χ1v) is 10.9. The van der Waals surface area contributed by atoms with Gasteiger partial charge in [0.1, 0.15) is 11.5 Å². The Bertz CT molecular complexity index is 1010. The van der Waals surface area contributed by atoms with Crippen LogP contribution >= 0.6 is 45.8 Å². The Morgan fingerprint density at radius 3 is 2.43 bits per heavy atom. The van der Waals surface area contributed by atoms with Crippen LogP contribution in [0.1, 0.15) is 29.0 Å². The molecular weight excluding hydrogens is 508 g/mol. The standard InChI is InChI=1S/C21H18Cl2IN3O/c22-14-3-8-17(18(23)11-14)21-25-19(13-28)20(12-26-9-1-2-10-26)27(21)16-6-4-15(24)5-7-16/h3-8,11,13H,1-2,9-10,12H2.